The predicted molar refractivity (Wildman–Crippen MR) is 44.7 cm³/mol. The molecule has 0 rings (SSSR count). The smallest absolute Gasteiger partial charge is 0.0183 e. The molecular weight excluding hydrogens is 180 g/mol. The Kier molecular flexibility index (Phi) is 6.81. The highest BCUT2D eigenvalue weighted by Gasteiger charge is 1.97. The van der Waals surface area contributed by atoms with E-state index in [1.54, 1.807) is 0 Å². The summed E-state index contributed by atoms with van der Waals surface area (Å²) < 4.78 is 0. The highest BCUT2D eigenvalue weighted by atomic mass is 79.9. The van der Waals surface area contributed by atoms with Crippen LogP contribution in [0.1, 0.15) is 19.3 Å². The Morgan fingerprint density at radius 1 is 1.33 bits per heavy atom. The fourth-order valence-corrected chi connectivity index (χ4v) is 0.952. The zero-order valence-electron chi connectivity index (χ0n) is 5.65. The lowest BCUT2D eigenvalue weighted by Gasteiger charge is -2.04. The van der Waals surface area contributed by atoms with Crippen molar-refractivity contribution in [3.05, 3.63) is 0 Å². The summed E-state index contributed by atoms with van der Waals surface area (Å²) >= 11 is 3.31. The van der Waals surface area contributed by atoms with Crippen molar-refractivity contribution in [1.82, 2.24) is 0 Å². The Hall–Kier alpha value is 0.400. The summed E-state index contributed by atoms with van der Waals surface area (Å²) in [5.74, 6) is 0. The quantitative estimate of drug-likeness (QED) is 0.504. The van der Waals surface area contributed by atoms with E-state index in [9.17, 15) is 0 Å². The van der Waals surface area contributed by atoms with Crippen molar-refractivity contribution in [3.8, 4) is 0 Å². The van der Waals surface area contributed by atoms with Crippen molar-refractivity contribution in [2.45, 2.75) is 25.3 Å². The van der Waals surface area contributed by atoms with Crippen molar-refractivity contribution >= 4 is 15.9 Å². The minimum atomic E-state index is 0.316. The van der Waals surface area contributed by atoms with Crippen LogP contribution in [-0.2, 0) is 0 Å². The van der Waals surface area contributed by atoms with Gasteiger partial charge in [-0.15, -0.1) is 0 Å². The molecule has 2 nitrogen and oxygen atoms in total. The molecule has 0 aromatic rings. The Labute approximate surface area is 65.1 Å². The molecule has 0 aromatic heterocycles. The monoisotopic (exact) mass is 194 g/mol. The van der Waals surface area contributed by atoms with Crippen LogP contribution in [0.25, 0.3) is 0 Å². The predicted octanol–water partition coefficient (Wildman–Crippen LogP) is 0.838. The maximum absolute atomic E-state index is 5.63. The van der Waals surface area contributed by atoms with E-state index in [0.717, 1.165) is 31.1 Å². The molecule has 4 N–H and O–H groups in total. The average molecular weight is 195 g/mol. The molecule has 0 unspecified atom stereocenters. The number of rotatable bonds is 5. The van der Waals surface area contributed by atoms with E-state index in [2.05, 4.69) is 15.9 Å². The maximum Gasteiger partial charge on any atom is 0.0183 e. The Morgan fingerprint density at radius 2 is 2.00 bits per heavy atom. The first-order valence-electron chi connectivity index (χ1n) is 3.33. The van der Waals surface area contributed by atoms with Crippen LogP contribution in [-0.4, -0.2) is 17.9 Å². The molecule has 0 aliphatic rings. The van der Waals surface area contributed by atoms with Gasteiger partial charge in [0.25, 0.3) is 0 Å². The lowest BCUT2D eigenvalue weighted by molar-refractivity contribution is 0.610. The van der Waals surface area contributed by atoms with Gasteiger partial charge in [0.1, 0.15) is 0 Å². The van der Waals surface area contributed by atoms with E-state index in [1.165, 1.54) is 0 Å². The van der Waals surface area contributed by atoms with Crippen LogP contribution in [0.15, 0.2) is 0 Å². The Bertz CT molecular complexity index is 59.0. The van der Waals surface area contributed by atoms with Gasteiger partial charge in [-0.05, 0) is 19.4 Å². The molecule has 0 heterocycles. The Morgan fingerprint density at radius 3 is 2.44 bits per heavy atom. The lowest BCUT2D eigenvalue weighted by Crippen LogP contribution is -2.21. The van der Waals surface area contributed by atoms with Gasteiger partial charge in [-0.2, -0.15) is 0 Å². The van der Waals surface area contributed by atoms with E-state index in [-0.39, 0.29) is 0 Å². The van der Waals surface area contributed by atoms with Gasteiger partial charge < -0.3 is 11.5 Å². The molecule has 0 saturated carbocycles. The van der Waals surface area contributed by atoms with Gasteiger partial charge in [-0.3, -0.25) is 0 Å². The van der Waals surface area contributed by atoms with E-state index >= 15 is 0 Å². The van der Waals surface area contributed by atoms with Gasteiger partial charge in [0.15, 0.2) is 0 Å². The molecule has 9 heavy (non-hydrogen) atoms. The van der Waals surface area contributed by atoms with E-state index in [4.69, 9.17) is 11.5 Å². The van der Waals surface area contributed by atoms with Crippen LogP contribution in [0.4, 0.5) is 0 Å². The molecule has 0 aliphatic heterocycles. The minimum absolute atomic E-state index is 0.316. The third-order valence-electron chi connectivity index (χ3n) is 1.23. The molecule has 0 bridgehead atoms. The van der Waals surface area contributed by atoms with E-state index in [1.807, 2.05) is 0 Å². The number of halogens is 1. The summed E-state index contributed by atoms with van der Waals surface area (Å²) in [7, 11) is 0. The average Bonchev–Trinajstić information content (AvgIpc) is 1.89. The summed E-state index contributed by atoms with van der Waals surface area (Å²) in [5.41, 5.74) is 10.9. The molecule has 0 radical (unpaired) electrons. The summed E-state index contributed by atoms with van der Waals surface area (Å²) in [6.45, 7) is 0.787. The highest BCUT2D eigenvalue weighted by Crippen LogP contribution is 1.99. The van der Waals surface area contributed by atoms with E-state index in [0.29, 0.717) is 6.04 Å². The second-order valence-electron chi connectivity index (χ2n) is 2.20. The van der Waals surface area contributed by atoms with Crippen molar-refractivity contribution in [2.24, 2.45) is 11.5 Å². The fourth-order valence-electron chi connectivity index (χ4n) is 0.628. The lowest BCUT2D eigenvalue weighted by atomic mass is 10.1. The highest BCUT2D eigenvalue weighted by molar-refractivity contribution is 9.09. The largest absolute Gasteiger partial charge is 0.330 e. The molecular formula is C6H15BrN2. The van der Waals surface area contributed by atoms with Gasteiger partial charge in [0, 0.05) is 11.4 Å². The summed E-state index contributed by atoms with van der Waals surface area (Å²) in [5, 5.41) is 0.900. The number of hydrogen-bond donors (Lipinski definition) is 2. The molecule has 1 atom stereocenters. The van der Waals surface area contributed by atoms with Crippen LogP contribution in [0, 0.1) is 0 Å². The maximum atomic E-state index is 5.63. The first kappa shape index (κ1) is 9.40. The van der Waals surface area contributed by atoms with Gasteiger partial charge >= 0.3 is 0 Å². The third kappa shape index (κ3) is 6.28. The second-order valence-corrected chi connectivity index (χ2v) is 2.85. The van der Waals surface area contributed by atoms with Gasteiger partial charge in [0.05, 0.1) is 0 Å². The molecule has 0 spiro atoms. The van der Waals surface area contributed by atoms with Crippen LogP contribution >= 0.6 is 15.9 Å². The zero-order chi connectivity index (χ0) is 7.11. The van der Waals surface area contributed by atoms with Crippen molar-refractivity contribution in [2.75, 3.05) is 11.9 Å². The summed E-state index contributed by atoms with van der Waals surface area (Å²) in [6, 6.07) is 0.316. The van der Waals surface area contributed by atoms with Gasteiger partial charge in [0.2, 0.25) is 0 Å². The third-order valence-corrected chi connectivity index (χ3v) is 2.06. The first-order valence-corrected chi connectivity index (χ1v) is 4.45. The zero-order valence-corrected chi connectivity index (χ0v) is 7.23. The molecule has 56 valence electrons. The van der Waals surface area contributed by atoms with Crippen LogP contribution in [0.5, 0.6) is 0 Å². The van der Waals surface area contributed by atoms with Crippen molar-refractivity contribution < 1.29 is 0 Å². The normalized spacial score (nSPS) is 13.7. The Balaban J connectivity index is 2.88. The van der Waals surface area contributed by atoms with E-state index < -0.39 is 0 Å². The summed E-state index contributed by atoms with van der Waals surface area (Å²) in [6.07, 6.45) is 3.34. The number of nitrogens with two attached hydrogens (primary N) is 2. The molecule has 0 aliphatic carbocycles. The fraction of sp³-hybridized carbons (Fsp3) is 1.00. The standard InChI is InChI=1S/C6H15BrN2/c7-5-6(9)3-1-2-4-8/h6H,1-5,8-9H2/t6-/m1/s1. The van der Waals surface area contributed by atoms with Gasteiger partial charge in [-0.25, -0.2) is 0 Å². The molecule has 0 amide bonds. The van der Waals surface area contributed by atoms with Crippen molar-refractivity contribution in [1.29, 1.82) is 0 Å². The minimum Gasteiger partial charge on any atom is -0.330 e. The first-order chi connectivity index (χ1) is 4.31. The van der Waals surface area contributed by atoms with Crippen LogP contribution in [0.3, 0.4) is 0 Å². The van der Waals surface area contributed by atoms with Crippen molar-refractivity contribution in [3.63, 3.8) is 0 Å². The van der Waals surface area contributed by atoms with Gasteiger partial charge in [-0.1, -0.05) is 22.4 Å². The summed E-state index contributed by atoms with van der Waals surface area (Å²) in [4.78, 5) is 0. The molecule has 0 saturated heterocycles. The number of unbranched alkanes of at least 4 members (excludes halogenated alkanes) is 1. The number of alkyl halides is 1. The van der Waals surface area contributed by atoms with Crippen LogP contribution in [0.2, 0.25) is 0 Å². The number of hydrogen-bond acceptors (Lipinski definition) is 2. The molecule has 0 aromatic carbocycles. The molecule has 3 heteroatoms. The topological polar surface area (TPSA) is 52.0 Å². The van der Waals surface area contributed by atoms with Crippen LogP contribution < -0.4 is 11.5 Å². The SMILES string of the molecule is NCCCC[C@@H](N)CBr. The molecule has 0 fully saturated rings. The second kappa shape index (κ2) is 6.52.